The minimum Gasteiger partial charge on any atom is -0.512 e. The number of carbonyl (C=O) groups is 2. The number of carbonyl (C=O) groups excluding carboxylic acids is 2. The SMILES string of the molecule is O=C(CCl)NCC1=C(O)CCC1=O. The normalized spacial score (nSPS) is 16.5. The molecule has 0 heterocycles. The lowest BCUT2D eigenvalue weighted by Crippen LogP contribution is -2.28. The maximum Gasteiger partial charge on any atom is 0.235 e. The van der Waals surface area contributed by atoms with Gasteiger partial charge in [-0.2, -0.15) is 0 Å². The lowest BCUT2D eigenvalue weighted by Gasteiger charge is -2.02. The highest BCUT2D eigenvalue weighted by atomic mass is 35.5. The van der Waals surface area contributed by atoms with Gasteiger partial charge in [0.1, 0.15) is 11.6 Å². The summed E-state index contributed by atoms with van der Waals surface area (Å²) in [6, 6.07) is 0. The molecule has 72 valence electrons. The monoisotopic (exact) mass is 203 g/mol. The lowest BCUT2D eigenvalue weighted by molar-refractivity contribution is -0.118. The number of aliphatic hydroxyl groups excluding tert-OH is 1. The lowest BCUT2D eigenvalue weighted by atomic mass is 10.2. The Labute approximate surface area is 80.6 Å². The molecular weight excluding hydrogens is 194 g/mol. The molecule has 0 aromatic rings. The summed E-state index contributed by atoms with van der Waals surface area (Å²) in [5, 5.41) is 11.6. The molecule has 0 radical (unpaired) electrons. The van der Waals surface area contributed by atoms with Gasteiger partial charge >= 0.3 is 0 Å². The molecule has 0 aliphatic heterocycles. The van der Waals surface area contributed by atoms with Gasteiger partial charge in [-0.1, -0.05) is 0 Å². The topological polar surface area (TPSA) is 66.4 Å². The number of Topliss-reactive ketones (excluding diaryl/α,β-unsaturated/α-hetero) is 1. The Morgan fingerprint density at radius 1 is 1.54 bits per heavy atom. The van der Waals surface area contributed by atoms with E-state index in [2.05, 4.69) is 5.32 Å². The third-order valence-corrected chi connectivity index (χ3v) is 2.10. The Hall–Kier alpha value is -1.03. The van der Waals surface area contributed by atoms with E-state index in [9.17, 15) is 14.7 Å². The summed E-state index contributed by atoms with van der Waals surface area (Å²) >= 11 is 5.23. The van der Waals surface area contributed by atoms with E-state index in [0.717, 1.165) is 0 Å². The molecule has 1 aliphatic carbocycles. The zero-order valence-corrected chi connectivity index (χ0v) is 7.73. The summed E-state index contributed by atoms with van der Waals surface area (Å²) in [7, 11) is 0. The van der Waals surface area contributed by atoms with E-state index >= 15 is 0 Å². The molecule has 0 atom stereocenters. The molecule has 1 rings (SSSR count). The molecule has 0 saturated carbocycles. The minimum atomic E-state index is -0.346. The van der Waals surface area contributed by atoms with Crippen LogP contribution in [0, 0.1) is 0 Å². The van der Waals surface area contributed by atoms with Gasteiger partial charge in [0.2, 0.25) is 5.91 Å². The fraction of sp³-hybridized carbons (Fsp3) is 0.500. The third-order valence-electron chi connectivity index (χ3n) is 1.86. The zero-order valence-electron chi connectivity index (χ0n) is 6.97. The Morgan fingerprint density at radius 3 is 2.69 bits per heavy atom. The number of nitrogens with one attached hydrogen (secondary N) is 1. The fourth-order valence-electron chi connectivity index (χ4n) is 1.13. The second kappa shape index (κ2) is 4.28. The van der Waals surface area contributed by atoms with Crippen LogP contribution in [0.25, 0.3) is 0 Å². The van der Waals surface area contributed by atoms with Gasteiger partial charge in [0, 0.05) is 19.4 Å². The van der Waals surface area contributed by atoms with Gasteiger partial charge in [0.05, 0.1) is 5.57 Å². The number of hydrogen-bond donors (Lipinski definition) is 2. The van der Waals surface area contributed by atoms with Crippen molar-refractivity contribution in [3.05, 3.63) is 11.3 Å². The van der Waals surface area contributed by atoms with Crippen LogP contribution in [0.2, 0.25) is 0 Å². The summed E-state index contributed by atoms with van der Waals surface area (Å²) < 4.78 is 0. The van der Waals surface area contributed by atoms with E-state index < -0.39 is 0 Å². The number of rotatable bonds is 3. The molecule has 5 heteroatoms. The zero-order chi connectivity index (χ0) is 9.84. The van der Waals surface area contributed by atoms with Gasteiger partial charge in [-0.05, 0) is 0 Å². The molecule has 0 saturated heterocycles. The molecule has 0 unspecified atom stereocenters. The quantitative estimate of drug-likeness (QED) is 0.657. The van der Waals surface area contributed by atoms with Crippen molar-refractivity contribution in [2.45, 2.75) is 12.8 Å². The van der Waals surface area contributed by atoms with Crippen molar-refractivity contribution in [1.82, 2.24) is 5.32 Å². The second-order valence-electron chi connectivity index (χ2n) is 2.76. The Balaban J connectivity index is 2.49. The van der Waals surface area contributed by atoms with Gasteiger partial charge in [-0.15, -0.1) is 11.6 Å². The average Bonchev–Trinajstić information content (AvgIpc) is 2.43. The highest BCUT2D eigenvalue weighted by Gasteiger charge is 2.22. The molecule has 0 spiro atoms. The molecule has 4 nitrogen and oxygen atoms in total. The number of allylic oxidation sites excluding steroid dienone is 1. The number of hydrogen-bond acceptors (Lipinski definition) is 3. The average molecular weight is 204 g/mol. The van der Waals surface area contributed by atoms with Crippen LogP contribution < -0.4 is 5.32 Å². The van der Waals surface area contributed by atoms with Crippen LogP contribution >= 0.6 is 11.6 Å². The van der Waals surface area contributed by atoms with Crippen molar-refractivity contribution in [2.75, 3.05) is 12.4 Å². The number of amides is 1. The summed E-state index contributed by atoms with van der Waals surface area (Å²) in [6.07, 6.45) is 0.711. The number of alkyl halides is 1. The van der Waals surface area contributed by atoms with Crippen molar-refractivity contribution < 1.29 is 14.7 Å². The van der Waals surface area contributed by atoms with Gasteiger partial charge in [0.25, 0.3) is 0 Å². The second-order valence-corrected chi connectivity index (χ2v) is 3.03. The maximum absolute atomic E-state index is 11.1. The third kappa shape index (κ3) is 2.45. The number of ketones is 1. The largest absolute Gasteiger partial charge is 0.512 e. The summed E-state index contributed by atoms with van der Waals surface area (Å²) in [5.74, 6) is -0.503. The summed E-state index contributed by atoms with van der Waals surface area (Å²) in [6.45, 7) is 0.0796. The predicted octanol–water partition coefficient (Wildman–Crippen LogP) is 0.516. The van der Waals surface area contributed by atoms with Crippen molar-refractivity contribution in [2.24, 2.45) is 0 Å². The maximum atomic E-state index is 11.1. The molecule has 0 bridgehead atoms. The van der Waals surface area contributed by atoms with E-state index in [1.54, 1.807) is 0 Å². The van der Waals surface area contributed by atoms with Gasteiger partial charge in [-0.25, -0.2) is 0 Å². The van der Waals surface area contributed by atoms with Crippen LogP contribution in [0.4, 0.5) is 0 Å². The highest BCUT2D eigenvalue weighted by Crippen LogP contribution is 2.19. The first-order chi connectivity index (χ1) is 6.15. The predicted molar refractivity (Wildman–Crippen MR) is 47.6 cm³/mol. The van der Waals surface area contributed by atoms with E-state index in [0.29, 0.717) is 18.4 Å². The van der Waals surface area contributed by atoms with E-state index in [1.807, 2.05) is 0 Å². The molecule has 13 heavy (non-hydrogen) atoms. The molecule has 0 aromatic heterocycles. The smallest absolute Gasteiger partial charge is 0.235 e. The van der Waals surface area contributed by atoms with Crippen LogP contribution in [0.3, 0.4) is 0 Å². The Morgan fingerprint density at radius 2 is 2.23 bits per heavy atom. The minimum absolute atomic E-state index is 0.0796. The molecule has 1 amide bonds. The van der Waals surface area contributed by atoms with Crippen molar-refractivity contribution >= 4 is 23.3 Å². The van der Waals surface area contributed by atoms with Crippen molar-refractivity contribution in [3.63, 3.8) is 0 Å². The molecule has 0 fully saturated rings. The van der Waals surface area contributed by atoms with Gasteiger partial charge in [-0.3, -0.25) is 9.59 Å². The van der Waals surface area contributed by atoms with Crippen LogP contribution in [-0.4, -0.2) is 29.2 Å². The van der Waals surface area contributed by atoms with Gasteiger partial charge in [0.15, 0.2) is 5.78 Å². The first kappa shape index (κ1) is 10.1. The van der Waals surface area contributed by atoms with Crippen LogP contribution in [-0.2, 0) is 9.59 Å². The molecule has 1 aliphatic rings. The molecular formula is C8H10ClNO3. The molecule has 0 aromatic carbocycles. The van der Waals surface area contributed by atoms with Crippen molar-refractivity contribution in [1.29, 1.82) is 0 Å². The number of halogens is 1. The number of aliphatic hydroxyl groups is 1. The fourth-order valence-corrected chi connectivity index (χ4v) is 1.22. The van der Waals surface area contributed by atoms with Crippen LogP contribution in [0.5, 0.6) is 0 Å². The Kier molecular flexibility index (Phi) is 3.31. The summed E-state index contributed by atoms with van der Waals surface area (Å²) in [5.41, 5.74) is 0.304. The molecule has 2 N–H and O–H groups in total. The highest BCUT2D eigenvalue weighted by molar-refractivity contribution is 6.27. The van der Waals surface area contributed by atoms with Crippen LogP contribution in [0.15, 0.2) is 11.3 Å². The first-order valence-electron chi connectivity index (χ1n) is 3.92. The standard InChI is InChI=1S/C8H10ClNO3/c9-3-8(13)10-4-5-6(11)1-2-7(5)12/h11H,1-4H2,(H,10,13). The van der Waals surface area contributed by atoms with E-state index in [4.69, 9.17) is 11.6 Å². The van der Waals surface area contributed by atoms with Crippen molar-refractivity contribution in [3.8, 4) is 0 Å². The van der Waals surface area contributed by atoms with Gasteiger partial charge < -0.3 is 10.4 Å². The van der Waals surface area contributed by atoms with E-state index in [-0.39, 0.29) is 29.9 Å². The van der Waals surface area contributed by atoms with Crippen LogP contribution in [0.1, 0.15) is 12.8 Å². The summed E-state index contributed by atoms with van der Waals surface area (Å²) in [4.78, 5) is 21.8. The van der Waals surface area contributed by atoms with E-state index in [1.165, 1.54) is 0 Å². The first-order valence-corrected chi connectivity index (χ1v) is 4.45. The Bertz CT molecular complexity index is 273.